The van der Waals surface area contributed by atoms with Gasteiger partial charge in [-0.3, -0.25) is 14.5 Å². The number of halogens is 2. The van der Waals surface area contributed by atoms with Gasteiger partial charge >= 0.3 is 6.61 Å². The van der Waals surface area contributed by atoms with E-state index in [1.54, 1.807) is 36.4 Å². The first kappa shape index (κ1) is 14.2. The fourth-order valence-corrected chi connectivity index (χ4v) is 2.34. The highest BCUT2D eigenvalue weighted by Gasteiger charge is 2.34. The lowest BCUT2D eigenvalue weighted by Crippen LogP contribution is -2.29. The van der Waals surface area contributed by atoms with Gasteiger partial charge in [0.25, 0.3) is 11.8 Å². The summed E-state index contributed by atoms with van der Waals surface area (Å²) in [6, 6.07) is 12.4. The number of ether oxygens (including phenoxy) is 1. The number of nitrogens with zero attached hydrogens (tertiary/aromatic N) is 1. The van der Waals surface area contributed by atoms with E-state index in [-0.39, 0.29) is 24.1 Å². The lowest BCUT2D eigenvalue weighted by atomic mass is 10.1. The Labute approximate surface area is 124 Å². The number of alkyl halides is 2. The van der Waals surface area contributed by atoms with E-state index in [9.17, 15) is 18.4 Å². The minimum Gasteiger partial charge on any atom is -0.435 e. The van der Waals surface area contributed by atoms with E-state index in [4.69, 9.17) is 0 Å². The largest absolute Gasteiger partial charge is 0.435 e. The van der Waals surface area contributed by atoms with Gasteiger partial charge in [0.2, 0.25) is 0 Å². The van der Waals surface area contributed by atoms with Crippen LogP contribution in [0.2, 0.25) is 0 Å². The highest BCUT2D eigenvalue weighted by atomic mass is 19.3. The molecule has 1 aliphatic rings. The zero-order valence-electron chi connectivity index (χ0n) is 11.3. The van der Waals surface area contributed by atoms with Crippen molar-refractivity contribution in [3.8, 4) is 5.75 Å². The molecule has 2 aromatic carbocycles. The summed E-state index contributed by atoms with van der Waals surface area (Å²) in [6.07, 6.45) is 0. The molecule has 0 saturated carbocycles. The number of hydrogen-bond donors (Lipinski definition) is 0. The summed E-state index contributed by atoms with van der Waals surface area (Å²) < 4.78 is 28.4. The van der Waals surface area contributed by atoms with Crippen LogP contribution in [-0.2, 0) is 6.54 Å². The van der Waals surface area contributed by atoms with Crippen LogP contribution in [0.4, 0.5) is 8.78 Å². The van der Waals surface area contributed by atoms with Gasteiger partial charge < -0.3 is 4.74 Å². The monoisotopic (exact) mass is 303 g/mol. The van der Waals surface area contributed by atoms with E-state index in [1.165, 1.54) is 12.1 Å². The van der Waals surface area contributed by atoms with Crippen molar-refractivity contribution in [2.24, 2.45) is 0 Å². The number of carbonyl (C=O) groups is 2. The second kappa shape index (κ2) is 5.55. The maximum Gasteiger partial charge on any atom is 0.387 e. The third-order valence-electron chi connectivity index (χ3n) is 3.37. The summed E-state index contributed by atoms with van der Waals surface area (Å²) in [6.45, 7) is -2.80. The highest BCUT2D eigenvalue weighted by Crippen LogP contribution is 2.25. The molecule has 0 aromatic heterocycles. The number of hydrogen-bond acceptors (Lipinski definition) is 3. The average Bonchev–Trinajstić information content (AvgIpc) is 2.74. The maximum absolute atomic E-state index is 12.2. The minimum atomic E-state index is -2.89. The normalized spacial score (nSPS) is 13.7. The second-order valence-corrected chi connectivity index (χ2v) is 4.76. The molecule has 3 rings (SSSR count). The minimum absolute atomic E-state index is 0.0288. The molecule has 2 amide bonds. The summed E-state index contributed by atoms with van der Waals surface area (Å²) in [5, 5.41) is 0. The second-order valence-electron chi connectivity index (χ2n) is 4.76. The number of carbonyl (C=O) groups excluding carboxylic acids is 2. The van der Waals surface area contributed by atoms with Crippen LogP contribution in [0.5, 0.6) is 5.75 Å². The van der Waals surface area contributed by atoms with Gasteiger partial charge in [0.15, 0.2) is 0 Å². The van der Waals surface area contributed by atoms with Gasteiger partial charge in [-0.25, -0.2) is 0 Å². The topological polar surface area (TPSA) is 46.6 Å². The Hall–Kier alpha value is -2.76. The Kier molecular flexibility index (Phi) is 3.58. The highest BCUT2D eigenvalue weighted by molar-refractivity contribution is 6.21. The van der Waals surface area contributed by atoms with Crippen molar-refractivity contribution in [1.82, 2.24) is 4.90 Å². The Morgan fingerprint density at radius 2 is 1.45 bits per heavy atom. The molecular weight excluding hydrogens is 292 g/mol. The summed E-state index contributed by atoms with van der Waals surface area (Å²) in [4.78, 5) is 25.5. The van der Waals surface area contributed by atoms with Crippen LogP contribution in [0.3, 0.4) is 0 Å². The standard InChI is InChI=1S/C16H11F2NO3/c17-16(18)22-11-7-5-10(6-8-11)9-19-14(20)12-3-1-2-4-13(12)15(19)21/h1-8,16H,9H2. The van der Waals surface area contributed by atoms with Crippen LogP contribution < -0.4 is 4.74 Å². The van der Waals surface area contributed by atoms with Crippen LogP contribution in [0.25, 0.3) is 0 Å². The van der Waals surface area contributed by atoms with Crippen molar-refractivity contribution in [2.45, 2.75) is 13.2 Å². The Morgan fingerprint density at radius 1 is 0.909 bits per heavy atom. The van der Waals surface area contributed by atoms with Gasteiger partial charge in [0, 0.05) is 0 Å². The van der Waals surface area contributed by atoms with Crippen LogP contribution in [0.1, 0.15) is 26.3 Å². The van der Waals surface area contributed by atoms with Gasteiger partial charge in [0.1, 0.15) is 5.75 Å². The van der Waals surface area contributed by atoms with Crippen molar-refractivity contribution in [3.05, 3.63) is 65.2 Å². The molecule has 0 radical (unpaired) electrons. The van der Waals surface area contributed by atoms with E-state index in [2.05, 4.69) is 4.74 Å². The summed E-state index contributed by atoms with van der Waals surface area (Å²) in [5.41, 5.74) is 1.41. The molecule has 22 heavy (non-hydrogen) atoms. The van der Waals surface area contributed by atoms with Gasteiger partial charge in [-0.1, -0.05) is 24.3 Å². The molecule has 0 bridgehead atoms. The van der Waals surface area contributed by atoms with Crippen molar-refractivity contribution in [3.63, 3.8) is 0 Å². The molecule has 112 valence electrons. The molecule has 2 aromatic rings. The zero-order chi connectivity index (χ0) is 15.7. The predicted molar refractivity (Wildman–Crippen MR) is 73.7 cm³/mol. The van der Waals surface area contributed by atoms with Crippen molar-refractivity contribution in [2.75, 3.05) is 0 Å². The fraction of sp³-hybridized carbons (Fsp3) is 0.125. The Bertz CT molecular complexity index is 693. The van der Waals surface area contributed by atoms with Crippen LogP contribution in [0.15, 0.2) is 48.5 Å². The van der Waals surface area contributed by atoms with Gasteiger partial charge in [0.05, 0.1) is 17.7 Å². The van der Waals surface area contributed by atoms with Crippen LogP contribution >= 0.6 is 0 Å². The molecule has 0 saturated heterocycles. The first-order valence-corrected chi connectivity index (χ1v) is 6.55. The predicted octanol–water partition coefficient (Wildman–Crippen LogP) is 3.08. The number of benzene rings is 2. The van der Waals surface area contributed by atoms with Crippen molar-refractivity contribution in [1.29, 1.82) is 0 Å². The summed E-state index contributed by atoms with van der Waals surface area (Å²) in [7, 11) is 0. The maximum atomic E-state index is 12.2. The van der Waals surface area contributed by atoms with E-state index in [0.717, 1.165) is 4.90 Å². The molecule has 0 aliphatic carbocycles. The fourth-order valence-electron chi connectivity index (χ4n) is 2.34. The zero-order valence-corrected chi connectivity index (χ0v) is 11.3. The number of imide groups is 1. The summed E-state index contributed by atoms with van der Waals surface area (Å²) in [5.74, 6) is -0.678. The molecule has 0 fully saturated rings. The molecule has 0 spiro atoms. The first-order valence-electron chi connectivity index (χ1n) is 6.55. The number of fused-ring (bicyclic) bond motifs is 1. The van der Waals surface area contributed by atoms with Gasteiger partial charge in [-0.05, 0) is 29.8 Å². The lowest BCUT2D eigenvalue weighted by molar-refractivity contribution is -0.0498. The average molecular weight is 303 g/mol. The molecule has 1 heterocycles. The molecular formula is C16H11F2NO3. The quantitative estimate of drug-likeness (QED) is 0.815. The smallest absolute Gasteiger partial charge is 0.387 e. The van der Waals surface area contributed by atoms with Crippen LogP contribution in [0, 0.1) is 0 Å². The Morgan fingerprint density at radius 3 is 1.95 bits per heavy atom. The Balaban J connectivity index is 1.77. The molecule has 6 heteroatoms. The molecule has 1 aliphatic heterocycles. The van der Waals surface area contributed by atoms with Gasteiger partial charge in [-0.15, -0.1) is 0 Å². The molecule has 0 atom stereocenters. The third kappa shape index (κ3) is 2.55. The molecule has 4 nitrogen and oxygen atoms in total. The number of rotatable bonds is 4. The van der Waals surface area contributed by atoms with Crippen molar-refractivity contribution >= 4 is 11.8 Å². The number of amides is 2. The first-order chi connectivity index (χ1) is 10.6. The van der Waals surface area contributed by atoms with E-state index < -0.39 is 6.61 Å². The SMILES string of the molecule is O=C1c2ccccc2C(=O)N1Cc1ccc(OC(F)F)cc1. The third-order valence-corrected chi connectivity index (χ3v) is 3.37. The van der Waals surface area contributed by atoms with E-state index >= 15 is 0 Å². The van der Waals surface area contributed by atoms with E-state index in [1.807, 2.05) is 0 Å². The molecule has 0 N–H and O–H groups in total. The molecule has 0 unspecified atom stereocenters. The van der Waals surface area contributed by atoms with Gasteiger partial charge in [-0.2, -0.15) is 8.78 Å². The van der Waals surface area contributed by atoms with Crippen LogP contribution in [-0.4, -0.2) is 23.3 Å². The van der Waals surface area contributed by atoms with Crippen molar-refractivity contribution < 1.29 is 23.1 Å². The lowest BCUT2D eigenvalue weighted by Gasteiger charge is -2.14. The van der Waals surface area contributed by atoms with E-state index in [0.29, 0.717) is 16.7 Å². The summed E-state index contributed by atoms with van der Waals surface area (Å²) >= 11 is 0.